The first-order chi connectivity index (χ1) is 16.3. The van der Waals surface area contributed by atoms with Crippen LogP contribution in [-0.4, -0.2) is 51.4 Å². The largest absolute Gasteiger partial charge is 0.480 e. The van der Waals surface area contributed by atoms with Crippen molar-refractivity contribution >= 4 is 28.8 Å². The van der Waals surface area contributed by atoms with Crippen molar-refractivity contribution < 1.29 is 27.8 Å². The molecule has 2 N–H and O–H groups in total. The molecule has 3 heterocycles. The van der Waals surface area contributed by atoms with Crippen molar-refractivity contribution in [1.29, 1.82) is 0 Å². The molecule has 34 heavy (non-hydrogen) atoms. The normalized spacial score (nSPS) is 16.2. The number of halogens is 2. The fourth-order valence-corrected chi connectivity index (χ4v) is 4.53. The second kappa shape index (κ2) is 8.23. The molecule has 2 amide bonds. The van der Waals surface area contributed by atoms with Crippen molar-refractivity contribution in [2.24, 2.45) is 5.92 Å². The quantitative estimate of drug-likeness (QED) is 0.540. The van der Waals surface area contributed by atoms with Crippen molar-refractivity contribution in [3.8, 4) is 22.8 Å². The van der Waals surface area contributed by atoms with Gasteiger partial charge < -0.3 is 19.4 Å². The second-order valence-corrected chi connectivity index (χ2v) is 8.56. The zero-order valence-corrected chi connectivity index (χ0v) is 18.8. The number of rotatable bonds is 7. The summed E-state index contributed by atoms with van der Waals surface area (Å²) in [5, 5.41) is 3.02. The first-order valence-corrected chi connectivity index (χ1v) is 10.9. The molecule has 1 aliphatic carbocycles. The summed E-state index contributed by atoms with van der Waals surface area (Å²) >= 11 is 0. The molecule has 1 atom stereocenters. The number of aromatic nitrogens is 3. The number of nitrogens with zero attached hydrogens (tertiary/aromatic N) is 3. The summed E-state index contributed by atoms with van der Waals surface area (Å²) < 4.78 is 36.8. The van der Waals surface area contributed by atoms with Crippen LogP contribution >= 0.6 is 0 Å². The van der Waals surface area contributed by atoms with Gasteiger partial charge in [-0.2, -0.15) is 18.7 Å². The zero-order chi connectivity index (χ0) is 24.1. The minimum Gasteiger partial charge on any atom is -0.480 e. The van der Waals surface area contributed by atoms with E-state index in [1.165, 1.54) is 20.1 Å². The van der Waals surface area contributed by atoms with Crippen LogP contribution in [0.15, 0.2) is 18.3 Å². The highest BCUT2D eigenvalue weighted by atomic mass is 19.3. The van der Waals surface area contributed by atoms with E-state index in [1.807, 2.05) is 6.92 Å². The van der Waals surface area contributed by atoms with E-state index in [-0.39, 0.29) is 41.0 Å². The molecule has 0 radical (unpaired) electrons. The average Bonchev–Trinajstić information content (AvgIpc) is 3.45. The van der Waals surface area contributed by atoms with E-state index in [2.05, 4.69) is 20.3 Å². The first-order valence-electron chi connectivity index (χ1n) is 10.9. The molecule has 0 bridgehead atoms. The number of methoxy groups -OCH3 is 1. The number of alkyl halides is 2. The maximum Gasteiger partial charge on any atom is 0.387 e. The SMILES string of the molecule is COc1nc(NC(C)=O)nc2[nH]cc(-c3cc4c(c(OC(F)F)c3)C(=O)N([C@@H](C)C3CC3)C4)c12. The van der Waals surface area contributed by atoms with Crippen LogP contribution in [0, 0.1) is 5.92 Å². The van der Waals surface area contributed by atoms with E-state index in [4.69, 9.17) is 9.47 Å². The summed E-state index contributed by atoms with van der Waals surface area (Å²) in [7, 11) is 1.43. The number of hydrogen-bond acceptors (Lipinski definition) is 6. The van der Waals surface area contributed by atoms with Crippen LogP contribution in [0.1, 0.15) is 42.6 Å². The molecular formula is C23H23F2N5O4. The Bertz CT molecular complexity index is 1300. The van der Waals surface area contributed by atoms with Gasteiger partial charge in [-0.3, -0.25) is 14.9 Å². The molecule has 5 rings (SSSR count). The molecule has 2 aliphatic rings. The third kappa shape index (κ3) is 3.80. The van der Waals surface area contributed by atoms with Crippen molar-refractivity contribution in [3.63, 3.8) is 0 Å². The summed E-state index contributed by atoms with van der Waals surface area (Å²) in [4.78, 5) is 37.8. The van der Waals surface area contributed by atoms with E-state index in [9.17, 15) is 18.4 Å². The highest BCUT2D eigenvalue weighted by Crippen LogP contribution is 2.43. The minimum absolute atomic E-state index is 0.0246. The standard InChI is InChI=1S/C23H23F2N5O4/c1-10(12-4-5-12)30-9-14-6-13(7-16(34-22(24)25)17(14)21(30)32)15-8-26-19-18(15)20(33-3)29-23(28-19)27-11(2)31/h6-8,10,12,22H,4-5,9H2,1-3H3,(H2,26,27,28,29,31)/t10-/m0/s1. The fourth-order valence-electron chi connectivity index (χ4n) is 4.53. The second-order valence-electron chi connectivity index (χ2n) is 8.56. The number of nitrogens with one attached hydrogen (secondary N) is 2. The third-order valence-corrected chi connectivity index (χ3v) is 6.30. The summed E-state index contributed by atoms with van der Waals surface area (Å²) in [5.74, 6) is -0.100. The molecule has 2 aromatic heterocycles. The topological polar surface area (TPSA) is 109 Å². The number of anilines is 1. The summed E-state index contributed by atoms with van der Waals surface area (Å²) in [5.41, 5.74) is 2.32. The highest BCUT2D eigenvalue weighted by molar-refractivity contribution is 6.04. The van der Waals surface area contributed by atoms with Gasteiger partial charge in [-0.05, 0) is 48.9 Å². The number of benzene rings is 1. The van der Waals surface area contributed by atoms with Crippen LogP contribution in [0.25, 0.3) is 22.2 Å². The van der Waals surface area contributed by atoms with Gasteiger partial charge in [-0.25, -0.2) is 0 Å². The maximum absolute atomic E-state index is 13.3. The lowest BCUT2D eigenvalue weighted by Gasteiger charge is -2.24. The molecule has 11 heteroatoms. The minimum atomic E-state index is -3.08. The van der Waals surface area contributed by atoms with Gasteiger partial charge in [0, 0.05) is 31.3 Å². The number of fused-ring (bicyclic) bond motifs is 2. The predicted molar refractivity (Wildman–Crippen MR) is 119 cm³/mol. The lowest BCUT2D eigenvalue weighted by molar-refractivity contribution is -0.114. The van der Waals surface area contributed by atoms with Crippen molar-refractivity contribution in [2.45, 2.75) is 45.9 Å². The predicted octanol–water partition coefficient (Wildman–Crippen LogP) is 3.95. The Morgan fingerprint density at radius 3 is 2.71 bits per heavy atom. The summed E-state index contributed by atoms with van der Waals surface area (Å²) in [6, 6.07) is 3.25. The molecule has 0 saturated heterocycles. The number of aromatic amines is 1. The molecule has 1 aromatic carbocycles. The average molecular weight is 471 g/mol. The number of carbonyl (C=O) groups is 2. The van der Waals surface area contributed by atoms with Gasteiger partial charge in [-0.15, -0.1) is 0 Å². The Morgan fingerprint density at radius 1 is 1.29 bits per heavy atom. The van der Waals surface area contributed by atoms with E-state index in [1.54, 1.807) is 17.2 Å². The van der Waals surface area contributed by atoms with E-state index in [0.29, 0.717) is 40.2 Å². The number of carbonyl (C=O) groups excluding carboxylic acids is 2. The van der Waals surface area contributed by atoms with E-state index < -0.39 is 6.61 Å². The number of H-pyrrole nitrogens is 1. The Labute approximate surface area is 193 Å². The molecule has 9 nitrogen and oxygen atoms in total. The van der Waals surface area contributed by atoms with Crippen LogP contribution in [0.4, 0.5) is 14.7 Å². The Balaban J connectivity index is 1.62. The maximum atomic E-state index is 13.3. The molecule has 1 aliphatic heterocycles. The molecule has 0 unspecified atom stereocenters. The fraction of sp³-hybridized carbons (Fsp3) is 0.391. The number of hydrogen-bond donors (Lipinski definition) is 2. The Kier molecular flexibility index (Phi) is 5.34. The third-order valence-electron chi connectivity index (χ3n) is 6.30. The van der Waals surface area contributed by atoms with Gasteiger partial charge >= 0.3 is 6.61 Å². The van der Waals surface area contributed by atoms with Crippen molar-refractivity contribution in [1.82, 2.24) is 19.9 Å². The van der Waals surface area contributed by atoms with Crippen molar-refractivity contribution in [3.05, 3.63) is 29.5 Å². The first kappa shape index (κ1) is 22.1. The number of ether oxygens (including phenoxy) is 2. The molecule has 3 aromatic rings. The highest BCUT2D eigenvalue weighted by Gasteiger charge is 2.40. The van der Waals surface area contributed by atoms with Crippen LogP contribution in [0.2, 0.25) is 0 Å². The Hall–Kier alpha value is -3.76. The lowest BCUT2D eigenvalue weighted by atomic mass is 9.99. The lowest BCUT2D eigenvalue weighted by Crippen LogP contribution is -2.34. The van der Waals surface area contributed by atoms with Crippen LogP contribution in [-0.2, 0) is 11.3 Å². The van der Waals surface area contributed by atoms with E-state index in [0.717, 1.165) is 12.8 Å². The van der Waals surface area contributed by atoms with E-state index >= 15 is 0 Å². The van der Waals surface area contributed by atoms with Gasteiger partial charge in [0.15, 0.2) is 0 Å². The molecule has 0 spiro atoms. The van der Waals surface area contributed by atoms with Crippen LogP contribution in [0.3, 0.4) is 0 Å². The summed E-state index contributed by atoms with van der Waals surface area (Å²) in [6.45, 7) is 0.569. The molecular weight excluding hydrogens is 448 g/mol. The monoisotopic (exact) mass is 471 g/mol. The zero-order valence-electron chi connectivity index (χ0n) is 18.8. The van der Waals surface area contributed by atoms with Gasteiger partial charge in [-0.1, -0.05) is 0 Å². The Morgan fingerprint density at radius 2 is 2.06 bits per heavy atom. The molecule has 1 fully saturated rings. The van der Waals surface area contributed by atoms with Crippen LogP contribution in [0.5, 0.6) is 11.6 Å². The number of amides is 2. The van der Waals surface area contributed by atoms with Gasteiger partial charge in [0.05, 0.1) is 18.1 Å². The van der Waals surface area contributed by atoms with Gasteiger partial charge in [0.25, 0.3) is 5.91 Å². The smallest absolute Gasteiger partial charge is 0.387 e. The van der Waals surface area contributed by atoms with Crippen LogP contribution < -0.4 is 14.8 Å². The van der Waals surface area contributed by atoms with Crippen molar-refractivity contribution in [2.75, 3.05) is 12.4 Å². The van der Waals surface area contributed by atoms with Gasteiger partial charge in [0.2, 0.25) is 17.7 Å². The summed E-state index contributed by atoms with van der Waals surface area (Å²) in [6.07, 6.45) is 3.76. The van der Waals surface area contributed by atoms with Gasteiger partial charge in [0.1, 0.15) is 11.4 Å². The molecule has 178 valence electrons. The molecule has 1 saturated carbocycles.